The van der Waals surface area contributed by atoms with Crippen LogP contribution < -0.4 is 5.32 Å². The van der Waals surface area contributed by atoms with E-state index < -0.39 is 0 Å². The summed E-state index contributed by atoms with van der Waals surface area (Å²) < 4.78 is 12.6. The third-order valence-corrected chi connectivity index (χ3v) is 6.34. The van der Waals surface area contributed by atoms with Crippen LogP contribution in [0.1, 0.15) is 54.4 Å². The summed E-state index contributed by atoms with van der Waals surface area (Å²) in [5, 5.41) is 15.5. The number of rotatable bonds is 6. The Balaban J connectivity index is 1.34. The molecule has 36 heavy (non-hydrogen) atoms. The number of pyridine rings is 1. The molecule has 0 bridgehead atoms. The normalized spacial score (nSPS) is 15.8. The summed E-state index contributed by atoms with van der Waals surface area (Å²) in [4.78, 5) is 17.3. The molecule has 4 aromatic rings. The first kappa shape index (κ1) is 23.9. The zero-order valence-corrected chi connectivity index (χ0v) is 21.0. The van der Waals surface area contributed by atoms with Crippen LogP contribution in [-0.2, 0) is 16.6 Å². The van der Waals surface area contributed by atoms with Crippen LogP contribution in [0.3, 0.4) is 0 Å². The number of nitrogens with zero attached hydrogens (tertiary/aromatic N) is 5. The fourth-order valence-corrected chi connectivity index (χ4v) is 4.20. The Bertz CT molecular complexity index is 1380. The van der Waals surface area contributed by atoms with Crippen LogP contribution in [0, 0.1) is 12.8 Å². The lowest BCUT2D eigenvalue weighted by atomic mass is 9.93. The van der Waals surface area contributed by atoms with Gasteiger partial charge in [0.25, 0.3) is 5.91 Å². The summed E-state index contributed by atoms with van der Waals surface area (Å²) in [5.74, 6) is 1.34. The molecule has 1 fully saturated rings. The number of hydrogen-bond donors (Lipinski definition) is 1. The molecule has 1 aliphatic rings. The number of amides is 1. The number of aromatic nitrogens is 5. The van der Waals surface area contributed by atoms with Crippen molar-refractivity contribution in [3.8, 4) is 16.9 Å². The molecule has 1 atom stereocenters. The van der Waals surface area contributed by atoms with E-state index in [-0.39, 0.29) is 11.3 Å². The Morgan fingerprint density at radius 3 is 2.81 bits per heavy atom. The number of anilines is 1. The van der Waals surface area contributed by atoms with Crippen molar-refractivity contribution in [3.05, 3.63) is 71.4 Å². The molecule has 1 amide bonds. The highest BCUT2D eigenvalue weighted by Crippen LogP contribution is 2.26. The Hall–Kier alpha value is -3.85. The molecule has 1 aromatic carbocycles. The van der Waals surface area contributed by atoms with E-state index in [4.69, 9.17) is 9.26 Å². The van der Waals surface area contributed by atoms with Gasteiger partial charge in [-0.25, -0.2) is 4.68 Å². The second-order valence-corrected chi connectivity index (χ2v) is 10.3. The van der Waals surface area contributed by atoms with Crippen LogP contribution in [0.4, 0.5) is 5.82 Å². The highest BCUT2D eigenvalue weighted by Gasteiger charge is 2.21. The van der Waals surface area contributed by atoms with Crippen molar-refractivity contribution in [2.24, 2.45) is 5.92 Å². The summed E-state index contributed by atoms with van der Waals surface area (Å²) in [7, 11) is 0. The van der Waals surface area contributed by atoms with Crippen LogP contribution in [0.25, 0.3) is 16.9 Å². The molecule has 0 spiro atoms. The third-order valence-electron chi connectivity index (χ3n) is 6.34. The molecule has 0 radical (unpaired) electrons. The van der Waals surface area contributed by atoms with Crippen molar-refractivity contribution in [2.45, 2.75) is 46.0 Å². The van der Waals surface area contributed by atoms with Gasteiger partial charge in [-0.1, -0.05) is 37.2 Å². The molecule has 3 aromatic heterocycles. The van der Waals surface area contributed by atoms with Gasteiger partial charge in [0.1, 0.15) is 11.5 Å². The van der Waals surface area contributed by atoms with Gasteiger partial charge in [-0.05, 0) is 55.0 Å². The molecule has 0 aliphatic carbocycles. The Morgan fingerprint density at radius 2 is 2.06 bits per heavy atom. The highest BCUT2D eigenvalue weighted by molar-refractivity contribution is 6.04. The van der Waals surface area contributed by atoms with Gasteiger partial charge < -0.3 is 14.6 Å². The van der Waals surface area contributed by atoms with Crippen molar-refractivity contribution < 1.29 is 14.1 Å². The highest BCUT2D eigenvalue weighted by atomic mass is 16.5. The van der Waals surface area contributed by atoms with Gasteiger partial charge in [0.15, 0.2) is 5.82 Å². The summed E-state index contributed by atoms with van der Waals surface area (Å²) in [6, 6.07) is 9.32. The largest absolute Gasteiger partial charge is 0.381 e. The van der Waals surface area contributed by atoms with E-state index in [2.05, 4.69) is 31.8 Å². The molecule has 9 heteroatoms. The number of ether oxygens (including phenoxy) is 1. The van der Waals surface area contributed by atoms with Gasteiger partial charge in [0.2, 0.25) is 0 Å². The van der Waals surface area contributed by atoms with E-state index in [0.717, 1.165) is 54.1 Å². The molecule has 0 saturated carbocycles. The molecule has 1 aliphatic heterocycles. The minimum atomic E-state index is -0.279. The Labute approximate surface area is 209 Å². The van der Waals surface area contributed by atoms with Crippen LogP contribution >= 0.6 is 0 Å². The lowest BCUT2D eigenvalue weighted by Gasteiger charge is -2.12. The van der Waals surface area contributed by atoms with Gasteiger partial charge in [-0.3, -0.25) is 9.78 Å². The van der Waals surface area contributed by atoms with Crippen molar-refractivity contribution in [1.29, 1.82) is 0 Å². The third kappa shape index (κ3) is 5.21. The van der Waals surface area contributed by atoms with Gasteiger partial charge in [-0.15, -0.1) is 5.10 Å². The summed E-state index contributed by atoms with van der Waals surface area (Å²) in [6.45, 7) is 9.67. The molecule has 1 saturated heterocycles. The monoisotopic (exact) mass is 486 g/mol. The fourth-order valence-electron chi connectivity index (χ4n) is 4.20. The van der Waals surface area contributed by atoms with Crippen molar-refractivity contribution >= 4 is 11.7 Å². The number of aryl methyl sites for hydroxylation is 1. The lowest BCUT2D eigenvalue weighted by Crippen LogP contribution is -2.13. The number of hydrogen-bond acceptors (Lipinski definition) is 7. The van der Waals surface area contributed by atoms with Crippen molar-refractivity contribution in [3.63, 3.8) is 0 Å². The van der Waals surface area contributed by atoms with Crippen molar-refractivity contribution in [1.82, 2.24) is 25.1 Å². The number of benzene rings is 1. The Kier molecular flexibility index (Phi) is 6.40. The summed E-state index contributed by atoms with van der Waals surface area (Å²) in [6.07, 6.45) is 7.57. The van der Waals surface area contributed by atoms with Crippen molar-refractivity contribution in [2.75, 3.05) is 18.5 Å². The molecule has 1 unspecified atom stereocenters. The Morgan fingerprint density at radius 1 is 1.19 bits per heavy atom. The number of carbonyl (C=O) groups is 1. The van der Waals surface area contributed by atoms with E-state index in [9.17, 15) is 4.79 Å². The minimum absolute atomic E-state index is 0.197. The minimum Gasteiger partial charge on any atom is -0.381 e. The van der Waals surface area contributed by atoms with E-state index in [1.54, 1.807) is 29.1 Å². The van der Waals surface area contributed by atoms with Gasteiger partial charge >= 0.3 is 0 Å². The van der Waals surface area contributed by atoms with E-state index in [1.165, 1.54) is 0 Å². The fraction of sp³-hybridized carbons (Fsp3) is 0.370. The molecular formula is C27H30N6O3. The maximum absolute atomic E-state index is 12.9. The first-order valence-electron chi connectivity index (χ1n) is 12.1. The predicted molar refractivity (Wildman–Crippen MR) is 135 cm³/mol. The summed E-state index contributed by atoms with van der Waals surface area (Å²) >= 11 is 0. The number of carbonyl (C=O) groups excluding carboxylic acids is 1. The zero-order chi connectivity index (χ0) is 25.3. The van der Waals surface area contributed by atoms with Gasteiger partial charge in [0.05, 0.1) is 11.9 Å². The molecule has 4 heterocycles. The topological polar surface area (TPSA) is 108 Å². The standard InChI is InChI=1S/C27H30N6O3/c1-17-5-6-20(26(34)29-25-12-24(36-31-25)27(2,3)4)11-23(17)33-15-22(30-32-33)21-10-19(13-28-14-21)9-18-7-8-35-16-18/h5-6,10-15,18H,7-9,16H2,1-4H3,(H,29,31,34). The molecular weight excluding hydrogens is 456 g/mol. The molecule has 5 rings (SSSR count). The van der Waals surface area contributed by atoms with Crippen LogP contribution in [0.15, 0.2) is 53.4 Å². The zero-order valence-electron chi connectivity index (χ0n) is 21.0. The van der Waals surface area contributed by atoms with Crippen LogP contribution in [-0.4, -0.2) is 44.3 Å². The van der Waals surface area contributed by atoms with E-state index >= 15 is 0 Å². The first-order valence-corrected chi connectivity index (χ1v) is 12.1. The van der Waals surface area contributed by atoms with Crippen LogP contribution in [0.5, 0.6) is 0 Å². The van der Waals surface area contributed by atoms with E-state index in [0.29, 0.717) is 23.1 Å². The maximum Gasteiger partial charge on any atom is 0.256 e. The molecule has 186 valence electrons. The van der Waals surface area contributed by atoms with Gasteiger partial charge in [-0.2, -0.15) is 0 Å². The SMILES string of the molecule is Cc1ccc(C(=O)Nc2cc(C(C)(C)C)on2)cc1-n1cc(-c2cncc(CC3CCOC3)c2)nn1. The number of nitrogens with one attached hydrogen (secondary N) is 1. The quantitative estimate of drug-likeness (QED) is 0.419. The average Bonchev–Trinajstić information content (AvgIpc) is 3.61. The predicted octanol–water partition coefficient (Wildman–Crippen LogP) is 4.75. The molecule has 9 nitrogen and oxygen atoms in total. The average molecular weight is 487 g/mol. The summed E-state index contributed by atoms with van der Waals surface area (Å²) in [5.41, 5.74) is 4.81. The second kappa shape index (κ2) is 9.66. The first-order chi connectivity index (χ1) is 17.3. The maximum atomic E-state index is 12.9. The second-order valence-electron chi connectivity index (χ2n) is 10.3. The van der Waals surface area contributed by atoms with Crippen LogP contribution in [0.2, 0.25) is 0 Å². The molecule has 1 N–H and O–H groups in total. The smallest absolute Gasteiger partial charge is 0.256 e. The lowest BCUT2D eigenvalue weighted by molar-refractivity contribution is 0.102. The van der Waals surface area contributed by atoms with E-state index in [1.807, 2.05) is 46.2 Å². The van der Waals surface area contributed by atoms with Gasteiger partial charge in [0, 0.05) is 48.2 Å².